The van der Waals surface area contributed by atoms with Gasteiger partial charge in [0.1, 0.15) is 10.3 Å². The third-order valence-electron chi connectivity index (χ3n) is 1.93. The van der Waals surface area contributed by atoms with Crippen LogP contribution in [-0.2, 0) is 14.8 Å². The van der Waals surface area contributed by atoms with Gasteiger partial charge in [0.25, 0.3) is 10.0 Å². The van der Waals surface area contributed by atoms with E-state index < -0.39 is 22.0 Å². The number of carboxylic acids is 1. The molecule has 16 heavy (non-hydrogen) atoms. The zero-order chi connectivity index (χ0) is 12.2. The van der Waals surface area contributed by atoms with Crippen LogP contribution in [0.15, 0.2) is 21.7 Å². The molecular formula is C9H13NO4S2. The number of rotatable bonds is 6. The van der Waals surface area contributed by atoms with Crippen molar-refractivity contribution in [2.24, 2.45) is 0 Å². The van der Waals surface area contributed by atoms with Crippen LogP contribution < -0.4 is 4.72 Å². The van der Waals surface area contributed by atoms with Crippen molar-refractivity contribution in [3.05, 3.63) is 17.5 Å². The van der Waals surface area contributed by atoms with Gasteiger partial charge in [0.2, 0.25) is 0 Å². The zero-order valence-corrected chi connectivity index (χ0v) is 10.3. The fourth-order valence-corrected chi connectivity index (χ4v) is 3.42. The molecule has 0 amide bonds. The summed E-state index contributed by atoms with van der Waals surface area (Å²) in [7, 11) is -3.70. The fraction of sp³-hybridized carbons (Fsp3) is 0.444. The molecule has 7 heteroatoms. The molecule has 1 aromatic heterocycles. The van der Waals surface area contributed by atoms with Gasteiger partial charge in [-0.25, -0.2) is 8.42 Å². The fourth-order valence-electron chi connectivity index (χ4n) is 1.18. The predicted molar refractivity (Wildman–Crippen MR) is 61.0 cm³/mol. The number of hydrogen-bond acceptors (Lipinski definition) is 4. The van der Waals surface area contributed by atoms with Crippen molar-refractivity contribution in [2.45, 2.75) is 30.0 Å². The Bertz CT molecular complexity index is 438. The molecule has 0 bridgehead atoms. The highest BCUT2D eigenvalue weighted by Crippen LogP contribution is 2.16. The largest absolute Gasteiger partial charge is 0.480 e. The number of nitrogens with one attached hydrogen (secondary N) is 1. The van der Waals surface area contributed by atoms with E-state index in [0.717, 1.165) is 11.3 Å². The summed E-state index contributed by atoms with van der Waals surface area (Å²) in [6.07, 6.45) is 0.879. The molecule has 5 nitrogen and oxygen atoms in total. The minimum absolute atomic E-state index is 0.134. The first-order valence-corrected chi connectivity index (χ1v) is 7.12. The first-order valence-electron chi connectivity index (χ1n) is 4.76. The smallest absolute Gasteiger partial charge is 0.321 e. The van der Waals surface area contributed by atoms with Crippen molar-refractivity contribution in [3.8, 4) is 0 Å². The molecule has 0 aromatic carbocycles. The van der Waals surface area contributed by atoms with Crippen molar-refractivity contribution in [3.63, 3.8) is 0 Å². The molecule has 0 spiro atoms. The molecule has 1 rings (SSSR count). The summed E-state index contributed by atoms with van der Waals surface area (Å²) < 4.78 is 25.8. The van der Waals surface area contributed by atoms with Gasteiger partial charge in [-0.1, -0.05) is 19.4 Å². The van der Waals surface area contributed by atoms with Gasteiger partial charge in [0, 0.05) is 0 Å². The summed E-state index contributed by atoms with van der Waals surface area (Å²) in [5.74, 6) is -1.15. The van der Waals surface area contributed by atoms with Crippen LogP contribution in [0.2, 0.25) is 0 Å². The number of aliphatic carboxylic acids is 1. The van der Waals surface area contributed by atoms with E-state index in [1.54, 1.807) is 18.4 Å². The highest BCUT2D eigenvalue weighted by atomic mass is 32.2. The second-order valence-electron chi connectivity index (χ2n) is 3.23. The Morgan fingerprint density at radius 3 is 2.75 bits per heavy atom. The summed E-state index contributed by atoms with van der Waals surface area (Å²) in [6, 6.07) is 1.99. The topological polar surface area (TPSA) is 83.5 Å². The third-order valence-corrected chi connectivity index (χ3v) is 4.80. The average molecular weight is 263 g/mol. The normalized spacial score (nSPS) is 13.6. The third kappa shape index (κ3) is 3.29. The quantitative estimate of drug-likeness (QED) is 0.809. The van der Waals surface area contributed by atoms with E-state index in [4.69, 9.17) is 5.11 Å². The highest BCUT2D eigenvalue weighted by molar-refractivity contribution is 7.91. The number of carboxylic acid groups (broad SMARTS) is 1. The molecule has 0 fully saturated rings. The van der Waals surface area contributed by atoms with Crippen LogP contribution in [0.5, 0.6) is 0 Å². The van der Waals surface area contributed by atoms with Crippen LogP contribution in [-0.4, -0.2) is 25.5 Å². The lowest BCUT2D eigenvalue weighted by Crippen LogP contribution is -2.40. The minimum atomic E-state index is -3.70. The van der Waals surface area contributed by atoms with E-state index in [-0.39, 0.29) is 10.6 Å². The highest BCUT2D eigenvalue weighted by Gasteiger charge is 2.24. The SMILES string of the molecule is CCC[C@H](NS(=O)(=O)c1cccs1)C(=O)O. The van der Waals surface area contributed by atoms with Crippen molar-refractivity contribution in [2.75, 3.05) is 0 Å². The average Bonchev–Trinajstić information content (AvgIpc) is 2.69. The molecule has 0 unspecified atom stereocenters. The van der Waals surface area contributed by atoms with Crippen LogP contribution >= 0.6 is 11.3 Å². The summed E-state index contributed by atoms with van der Waals surface area (Å²) in [5.41, 5.74) is 0. The van der Waals surface area contributed by atoms with Crippen molar-refractivity contribution < 1.29 is 18.3 Å². The maximum absolute atomic E-state index is 11.7. The molecule has 0 saturated heterocycles. The monoisotopic (exact) mass is 263 g/mol. The second kappa shape index (κ2) is 5.42. The first-order chi connectivity index (χ1) is 7.47. The van der Waals surface area contributed by atoms with Gasteiger partial charge in [-0.2, -0.15) is 4.72 Å². The molecule has 1 atom stereocenters. The standard InChI is InChI=1S/C9H13NO4S2/c1-2-4-7(9(11)12)10-16(13,14)8-5-3-6-15-8/h3,5-7,10H,2,4H2,1H3,(H,11,12)/t7-/m0/s1. The second-order valence-corrected chi connectivity index (χ2v) is 6.12. The van der Waals surface area contributed by atoms with E-state index in [9.17, 15) is 13.2 Å². The first kappa shape index (κ1) is 13.1. The van der Waals surface area contributed by atoms with Crippen molar-refractivity contribution >= 4 is 27.3 Å². The van der Waals surface area contributed by atoms with Crippen LogP contribution in [0.25, 0.3) is 0 Å². The van der Waals surface area contributed by atoms with E-state index in [1.165, 1.54) is 6.07 Å². The van der Waals surface area contributed by atoms with Crippen LogP contribution in [0.4, 0.5) is 0 Å². The summed E-state index contributed by atoms with van der Waals surface area (Å²) in [6.45, 7) is 1.80. The number of sulfonamides is 1. The number of thiophene rings is 1. The van der Waals surface area contributed by atoms with Crippen LogP contribution in [0.3, 0.4) is 0 Å². The number of carbonyl (C=O) groups is 1. The van der Waals surface area contributed by atoms with E-state index in [0.29, 0.717) is 6.42 Å². The molecule has 0 aliphatic heterocycles. The Morgan fingerprint density at radius 1 is 1.62 bits per heavy atom. The number of hydrogen-bond donors (Lipinski definition) is 2. The van der Waals surface area contributed by atoms with Gasteiger partial charge in [-0.15, -0.1) is 11.3 Å². The Balaban J connectivity index is 2.82. The predicted octanol–water partition coefficient (Wildman–Crippen LogP) is 1.28. The summed E-state index contributed by atoms with van der Waals surface area (Å²) >= 11 is 1.06. The lowest BCUT2D eigenvalue weighted by Gasteiger charge is -2.12. The Morgan fingerprint density at radius 2 is 2.31 bits per heavy atom. The minimum Gasteiger partial charge on any atom is -0.480 e. The van der Waals surface area contributed by atoms with Crippen LogP contribution in [0, 0.1) is 0 Å². The van der Waals surface area contributed by atoms with Crippen molar-refractivity contribution in [1.29, 1.82) is 0 Å². The summed E-state index contributed by atoms with van der Waals surface area (Å²) in [4.78, 5) is 10.8. The molecule has 0 aliphatic rings. The lowest BCUT2D eigenvalue weighted by molar-refractivity contribution is -0.139. The molecule has 0 radical (unpaired) electrons. The molecule has 0 saturated carbocycles. The maximum atomic E-state index is 11.7. The molecule has 2 N–H and O–H groups in total. The molecular weight excluding hydrogens is 250 g/mol. The van der Waals surface area contributed by atoms with E-state index >= 15 is 0 Å². The van der Waals surface area contributed by atoms with Gasteiger partial charge in [0.15, 0.2) is 0 Å². The van der Waals surface area contributed by atoms with Crippen LogP contribution in [0.1, 0.15) is 19.8 Å². The Labute approximate surface area is 98.2 Å². The molecule has 1 aromatic rings. The molecule has 90 valence electrons. The molecule has 1 heterocycles. The maximum Gasteiger partial charge on any atom is 0.321 e. The Hall–Kier alpha value is -0.920. The lowest BCUT2D eigenvalue weighted by atomic mass is 10.2. The van der Waals surface area contributed by atoms with Gasteiger partial charge < -0.3 is 5.11 Å². The van der Waals surface area contributed by atoms with Gasteiger partial charge >= 0.3 is 5.97 Å². The zero-order valence-electron chi connectivity index (χ0n) is 8.71. The summed E-state index contributed by atoms with van der Waals surface area (Å²) in [5, 5.41) is 10.5. The Kier molecular flexibility index (Phi) is 4.45. The molecule has 0 aliphatic carbocycles. The van der Waals surface area contributed by atoms with Gasteiger partial charge in [0.05, 0.1) is 0 Å². The van der Waals surface area contributed by atoms with Crippen molar-refractivity contribution in [1.82, 2.24) is 4.72 Å². The van der Waals surface area contributed by atoms with E-state index in [2.05, 4.69) is 4.72 Å². The van der Waals surface area contributed by atoms with Gasteiger partial charge in [-0.3, -0.25) is 4.79 Å². The van der Waals surface area contributed by atoms with E-state index in [1.807, 2.05) is 0 Å². The van der Waals surface area contributed by atoms with Gasteiger partial charge in [-0.05, 0) is 17.9 Å².